The van der Waals surface area contributed by atoms with Gasteiger partial charge in [0.25, 0.3) is 0 Å². The molecule has 1 fully saturated rings. The molecule has 2 rings (SSSR count). The smallest absolute Gasteiger partial charge is 0.207 e. The van der Waals surface area contributed by atoms with Crippen LogP contribution in [0, 0.1) is 12.3 Å². The molecule has 0 N–H and O–H groups in total. The molecule has 0 radical (unpaired) electrons. The van der Waals surface area contributed by atoms with Crippen molar-refractivity contribution in [3.05, 3.63) is 26.6 Å². The van der Waals surface area contributed by atoms with Gasteiger partial charge in [-0.2, -0.15) is 4.31 Å². The van der Waals surface area contributed by atoms with Crippen LogP contribution in [0.1, 0.15) is 38.7 Å². The van der Waals surface area contributed by atoms with Gasteiger partial charge in [0.05, 0.1) is 4.90 Å². The summed E-state index contributed by atoms with van der Waals surface area (Å²) in [5.74, 6) is 0. The Hall–Kier alpha value is 0.0900. The van der Waals surface area contributed by atoms with Crippen LogP contribution < -0.4 is 0 Å². The van der Waals surface area contributed by atoms with Gasteiger partial charge in [-0.25, -0.2) is 8.42 Å². The van der Waals surface area contributed by atoms with E-state index in [4.69, 9.17) is 0 Å². The summed E-state index contributed by atoms with van der Waals surface area (Å²) >= 11 is 6.83. The summed E-state index contributed by atoms with van der Waals surface area (Å²) in [6, 6.07) is 3.55. The number of hydrogen-bond acceptors (Lipinski definition) is 2. The minimum absolute atomic E-state index is 0.218. The standard InChI is InChI=1S/C15H21Br2NO2S/c1-11-9-13(17)14(10-12(11)16)21(19,20)18-7-4-5-15(2,3)6-8-18/h9-10H,4-8H2,1-3H3. The van der Waals surface area contributed by atoms with Gasteiger partial charge in [-0.3, -0.25) is 0 Å². The van der Waals surface area contributed by atoms with Crippen LogP contribution in [0.15, 0.2) is 26.0 Å². The summed E-state index contributed by atoms with van der Waals surface area (Å²) in [5.41, 5.74) is 1.23. The van der Waals surface area contributed by atoms with Gasteiger partial charge in [0, 0.05) is 22.0 Å². The molecule has 3 nitrogen and oxygen atoms in total. The largest absolute Gasteiger partial charge is 0.244 e. The van der Waals surface area contributed by atoms with Crippen molar-refractivity contribution >= 4 is 41.9 Å². The lowest BCUT2D eigenvalue weighted by atomic mass is 9.85. The van der Waals surface area contributed by atoms with E-state index in [-0.39, 0.29) is 5.41 Å². The summed E-state index contributed by atoms with van der Waals surface area (Å²) in [7, 11) is -3.45. The molecule has 0 aliphatic carbocycles. The van der Waals surface area contributed by atoms with Crippen LogP contribution in [0.5, 0.6) is 0 Å². The van der Waals surface area contributed by atoms with E-state index in [1.165, 1.54) is 0 Å². The number of aryl methyl sites for hydroxylation is 1. The van der Waals surface area contributed by atoms with Gasteiger partial charge >= 0.3 is 0 Å². The maximum absolute atomic E-state index is 12.9. The molecule has 0 amide bonds. The van der Waals surface area contributed by atoms with Gasteiger partial charge in [0.15, 0.2) is 0 Å². The van der Waals surface area contributed by atoms with Crippen molar-refractivity contribution in [2.45, 2.75) is 44.9 Å². The molecular formula is C15H21Br2NO2S. The number of benzene rings is 1. The molecule has 1 saturated heterocycles. The van der Waals surface area contributed by atoms with Crippen molar-refractivity contribution in [3.8, 4) is 0 Å². The van der Waals surface area contributed by atoms with E-state index in [0.717, 1.165) is 29.3 Å². The van der Waals surface area contributed by atoms with Gasteiger partial charge in [-0.05, 0) is 65.2 Å². The summed E-state index contributed by atoms with van der Waals surface area (Å²) in [4.78, 5) is 0.347. The van der Waals surface area contributed by atoms with Crippen LogP contribution in [0.2, 0.25) is 0 Å². The normalized spacial score (nSPS) is 20.2. The fourth-order valence-electron chi connectivity index (χ4n) is 2.60. The topological polar surface area (TPSA) is 37.4 Å². The molecule has 1 aromatic carbocycles. The second kappa shape index (κ2) is 6.30. The molecule has 21 heavy (non-hydrogen) atoms. The van der Waals surface area contributed by atoms with E-state index in [1.54, 1.807) is 10.4 Å². The third-order valence-corrected chi connectivity index (χ3v) is 7.84. The fourth-order valence-corrected chi connectivity index (χ4v) is 5.72. The Morgan fingerprint density at radius 1 is 1.10 bits per heavy atom. The zero-order valence-corrected chi connectivity index (χ0v) is 16.6. The maximum atomic E-state index is 12.9. The monoisotopic (exact) mass is 437 g/mol. The van der Waals surface area contributed by atoms with Gasteiger partial charge in [-0.15, -0.1) is 0 Å². The molecule has 6 heteroatoms. The molecule has 1 aliphatic rings. The van der Waals surface area contributed by atoms with Crippen molar-refractivity contribution in [1.29, 1.82) is 0 Å². The van der Waals surface area contributed by atoms with E-state index in [2.05, 4.69) is 45.7 Å². The van der Waals surface area contributed by atoms with Crippen LogP contribution in [0.25, 0.3) is 0 Å². The summed E-state index contributed by atoms with van der Waals surface area (Å²) in [6.45, 7) is 7.56. The third-order valence-electron chi connectivity index (χ3n) is 4.13. The number of nitrogens with zero attached hydrogens (tertiary/aromatic N) is 1. The van der Waals surface area contributed by atoms with Gasteiger partial charge in [-0.1, -0.05) is 29.8 Å². The molecule has 1 aromatic rings. The van der Waals surface area contributed by atoms with Crippen LogP contribution >= 0.6 is 31.9 Å². The van der Waals surface area contributed by atoms with Crippen LogP contribution in [0.3, 0.4) is 0 Å². The molecule has 1 aliphatic heterocycles. The first-order chi connectivity index (χ1) is 9.63. The molecule has 0 saturated carbocycles. The number of sulfonamides is 1. The molecule has 0 unspecified atom stereocenters. The minimum Gasteiger partial charge on any atom is -0.207 e. The Labute approximate surface area is 144 Å². The lowest BCUT2D eigenvalue weighted by molar-refractivity contribution is 0.315. The Morgan fingerprint density at radius 2 is 1.76 bits per heavy atom. The van der Waals surface area contributed by atoms with Crippen LogP contribution in [-0.2, 0) is 10.0 Å². The van der Waals surface area contributed by atoms with Gasteiger partial charge in [0.2, 0.25) is 10.0 Å². The van der Waals surface area contributed by atoms with Crippen molar-refractivity contribution < 1.29 is 8.42 Å². The maximum Gasteiger partial charge on any atom is 0.244 e. The molecule has 0 atom stereocenters. The molecule has 0 aromatic heterocycles. The average molecular weight is 439 g/mol. The highest BCUT2D eigenvalue weighted by Gasteiger charge is 2.31. The van der Waals surface area contributed by atoms with E-state index in [9.17, 15) is 8.42 Å². The predicted molar refractivity (Wildman–Crippen MR) is 93.0 cm³/mol. The third kappa shape index (κ3) is 3.89. The Balaban J connectivity index is 2.36. The summed E-state index contributed by atoms with van der Waals surface area (Å²) in [5, 5.41) is 0. The average Bonchev–Trinajstić information content (AvgIpc) is 2.55. The minimum atomic E-state index is -3.45. The Kier molecular flexibility index (Phi) is 5.23. The van der Waals surface area contributed by atoms with E-state index >= 15 is 0 Å². The first kappa shape index (κ1) is 17.4. The molecule has 118 valence electrons. The summed E-state index contributed by atoms with van der Waals surface area (Å²) < 4.78 is 28.9. The lowest BCUT2D eigenvalue weighted by Gasteiger charge is -2.23. The quantitative estimate of drug-likeness (QED) is 0.669. The molecule has 0 bridgehead atoms. The van der Waals surface area contributed by atoms with Gasteiger partial charge < -0.3 is 0 Å². The van der Waals surface area contributed by atoms with E-state index in [1.807, 2.05) is 13.0 Å². The molecule has 0 spiro atoms. The lowest BCUT2D eigenvalue weighted by Crippen LogP contribution is -2.32. The summed E-state index contributed by atoms with van der Waals surface area (Å²) in [6.07, 6.45) is 2.88. The Morgan fingerprint density at radius 3 is 2.43 bits per heavy atom. The van der Waals surface area contributed by atoms with Crippen molar-refractivity contribution in [2.75, 3.05) is 13.1 Å². The molecular weight excluding hydrogens is 418 g/mol. The highest BCUT2D eigenvalue weighted by Crippen LogP contribution is 2.35. The van der Waals surface area contributed by atoms with Crippen molar-refractivity contribution in [3.63, 3.8) is 0 Å². The second-order valence-corrected chi connectivity index (χ2v) is 10.1. The van der Waals surface area contributed by atoms with E-state index in [0.29, 0.717) is 22.5 Å². The highest BCUT2D eigenvalue weighted by molar-refractivity contribution is 9.11. The van der Waals surface area contributed by atoms with E-state index < -0.39 is 10.0 Å². The van der Waals surface area contributed by atoms with Crippen molar-refractivity contribution in [1.82, 2.24) is 4.31 Å². The fraction of sp³-hybridized carbons (Fsp3) is 0.600. The zero-order valence-electron chi connectivity index (χ0n) is 12.6. The predicted octanol–water partition coefficient (Wildman–Crippen LogP) is 4.72. The van der Waals surface area contributed by atoms with Crippen molar-refractivity contribution in [2.24, 2.45) is 5.41 Å². The van der Waals surface area contributed by atoms with Gasteiger partial charge in [0.1, 0.15) is 0 Å². The number of hydrogen-bond donors (Lipinski definition) is 0. The van der Waals surface area contributed by atoms with Crippen LogP contribution in [0.4, 0.5) is 0 Å². The Bertz CT molecular complexity index is 641. The number of halogens is 2. The zero-order chi connectivity index (χ0) is 15.8. The first-order valence-corrected chi connectivity index (χ1v) is 10.1. The SMILES string of the molecule is Cc1cc(Br)c(S(=O)(=O)N2CCCC(C)(C)CC2)cc1Br. The molecule has 1 heterocycles. The first-order valence-electron chi connectivity index (χ1n) is 7.09. The highest BCUT2D eigenvalue weighted by atomic mass is 79.9. The van der Waals surface area contributed by atoms with Crippen LogP contribution in [-0.4, -0.2) is 25.8 Å². The number of rotatable bonds is 2. The second-order valence-electron chi connectivity index (χ2n) is 6.45.